The van der Waals surface area contributed by atoms with Crippen molar-refractivity contribution in [1.82, 2.24) is 25.2 Å². The summed E-state index contributed by atoms with van der Waals surface area (Å²) in [5.41, 5.74) is 0.794. The first-order valence-corrected chi connectivity index (χ1v) is 9.10. The summed E-state index contributed by atoms with van der Waals surface area (Å²) in [5, 5.41) is 8.16. The molecule has 1 fully saturated rings. The lowest BCUT2D eigenvalue weighted by Gasteiger charge is -2.37. The van der Waals surface area contributed by atoms with Gasteiger partial charge in [0.15, 0.2) is 5.82 Å². The van der Waals surface area contributed by atoms with Gasteiger partial charge in [-0.25, -0.2) is 0 Å². The van der Waals surface area contributed by atoms with Crippen LogP contribution in [0, 0.1) is 0 Å². The van der Waals surface area contributed by atoms with Crippen LogP contribution in [0.4, 0.5) is 0 Å². The maximum absolute atomic E-state index is 5.64. The van der Waals surface area contributed by atoms with Crippen molar-refractivity contribution < 1.29 is 9.05 Å². The molecule has 1 unspecified atom stereocenters. The molecule has 0 spiro atoms. The molecule has 1 aliphatic rings. The van der Waals surface area contributed by atoms with Gasteiger partial charge in [0.2, 0.25) is 17.6 Å². The fourth-order valence-electron chi connectivity index (χ4n) is 3.52. The van der Waals surface area contributed by atoms with Gasteiger partial charge >= 0.3 is 0 Å². The van der Waals surface area contributed by atoms with E-state index in [0.29, 0.717) is 24.2 Å². The number of hydrogen-bond donors (Lipinski definition) is 0. The van der Waals surface area contributed by atoms with Gasteiger partial charge in [0.05, 0.1) is 12.0 Å². The second-order valence-corrected chi connectivity index (χ2v) is 7.12. The van der Waals surface area contributed by atoms with E-state index >= 15 is 0 Å². The molecule has 0 aliphatic carbocycles. The maximum Gasteiger partial charge on any atom is 0.240 e. The minimum atomic E-state index is -0.175. The van der Waals surface area contributed by atoms with Gasteiger partial charge in [-0.3, -0.25) is 4.90 Å². The number of piperidine rings is 1. The Morgan fingerprint density at radius 3 is 2.73 bits per heavy atom. The Morgan fingerprint density at radius 1 is 1.12 bits per heavy atom. The Kier molecular flexibility index (Phi) is 4.55. The lowest BCUT2D eigenvalue weighted by molar-refractivity contribution is 0.113. The molecule has 0 N–H and O–H groups in total. The molecule has 1 aliphatic heterocycles. The zero-order valence-electron chi connectivity index (χ0n) is 15.2. The number of hydrogen-bond acceptors (Lipinski definition) is 7. The van der Waals surface area contributed by atoms with E-state index in [9.17, 15) is 0 Å². The second-order valence-electron chi connectivity index (χ2n) is 7.12. The van der Waals surface area contributed by atoms with Crippen LogP contribution in [-0.4, -0.2) is 38.3 Å². The van der Waals surface area contributed by atoms with Crippen LogP contribution >= 0.6 is 0 Å². The second kappa shape index (κ2) is 6.99. The maximum atomic E-state index is 5.64. The summed E-state index contributed by atoms with van der Waals surface area (Å²) in [6.07, 6.45) is 2.86. The standard InChI is InChI=1S/C19H23N5O2/c1-3-15-20-16(25-22-15)12-24-11-7-10-19(2,13-24)18-21-17(23-26-18)14-8-5-4-6-9-14/h4-6,8-9H,3,7,10-13H2,1-2H3. The molecule has 1 atom stereocenters. The Labute approximate surface area is 152 Å². The molecule has 3 heterocycles. The van der Waals surface area contributed by atoms with Crippen LogP contribution in [0.15, 0.2) is 39.4 Å². The molecule has 0 radical (unpaired) electrons. The molecule has 0 saturated carbocycles. The van der Waals surface area contributed by atoms with Gasteiger partial charge in [0.25, 0.3) is 0 Å². The van der Waals surface area contributed by atoms with Gasteiger partial charge in [0, 0.05) is 18.5 Å². The molecule has 1 saturated heterocycles. The number of aromatic nitrogens is 4. The van der Waals surface area contributed by atoms with Crippen LogP contribution in [0.25, 0.3) is 11.4 Å². The molecular formula is C19H23N5O2. The van der Waals surface area contributed by atoms with E-state index < -0.39 is 0 Å². The lowest BCUT2D eigenvalue weighted by Crippen LogP contribution is -2.44. The SMILES string of the molecule is CCc1noc(CN2CCCC(C)(c3nc(-c4ccccc4)no3)C2)n1. The van der Waals surface area contributed by atoms with Crippen LogP contribution < -0.4 is 0 Å². The summed E-state index contributed by atoms with van der Waals surface area (Å²) in [6.45, 7) is 6.69. The average molecular weight is 353 g/mol. The zero-order valence-corrected chi connectivity index (χ0v) is 15.2. The monoisotopic (exact) mass is 353 g/mol. The third-order valence-electron chi connectivity index (χ3n) is 4.94. The highest BCUT2D eigenvalue weighted by molar-refractivity contribution is 5.53. The van der Waals surface area contributed by atoms with Crippen LogP contribution in [0.3, 0.4) is 0 Å². The van der Waals surface area contributed by atoms with Crippen molar-refractivity contribution in [3.8, 4) is 11.4 Å². The predicted molar refractivity (Wildman–Crippen MR) is 95.3 cm³/mol. The Hall–Kier alpha value is -2.54. The van der Waals surface area contributed by atoms with Crippen molar-refractivity contribution in [3.05, 3.63) is 47.9 Å². The predicted octanol–water partition coefficient (Wildman–Crippen LogP) is 3.24. The number of nitrogens with zero attached hydrogens (tertiary/aromatic N) is 5. The molecule has 0 bridgehead atoms. The molecule has 7 heteroatoms. The fraction of sp³-hybridized carbons (Fsp3) is 0.474. The normalized spacial score (nSPS) is 21.2. The topological polar surface area (TPSA) is 81.1 Å². The molecule has 26 heavy (non-hydrogen) atoms. The summed E-state index contributed by atoms with van der Waals surface area (Å²) < 4.78 is 11.0. The Balaban J connectivity index is 1.49. The largest absolute Gasteiger partial charge is 0.338 e. The van der Waals surface area contributed by atoms with Crippen molar-refractivity contribution in [1.29, 1.82) is 0 Å². The Morgan fingerprint density at radius 2 is 1.96 bits per heavy atom. The summed E-state index contributed by atoms with van der Waals surface area (Å²) >= 11 is 0. The zero-order chi connectivity index (χ0) is 18.0. The first-order valence-electron chi connectivity index (χ1n) is 9.10. The number of rotatable bonds is 5. The smallest absolute Gasteiger partial charge is 0.240 e. The summed E-state index contributed by atoms with van der Waals surface area (Å²) in [5.74, 6) is 2.76. The molecule has 136 valence electrons. The quantitative estimate of drug-likeness (QED) is 0.696. The van der Waals surface area contributed by atoms with E-state index in [-0.39, 0.29) is 5.41 Å². The third-order valence-corrected chi connectivity index (χ3v) is 4.94. The van der Waals surface area contributed by atoms with E-state index in [2.05, 4.69) is 32.1 Å². The highest BCUT2D eigenvalue weighted by atomic mass is 16.5. The van der Waals surface area contributed by atoms with Gasteiger partial charge in [-0.1, -0.05) is 47.6 Å². The average Bonchev–Trinajstić information content (AvgIpc) is 3.32. The minimum Gasteiger partial charge on any atom is -0.338 e. The van der Waals surface area contributed by atoms with Gasteiger partial charge in [-0.15, -0.1) is 0 Å². The number of benzene rings is 1. The minimum absolute atomic E-state index is 0.175. The summed E-state index contributed by atoms with van der Waals surface area (Å²) in [6, 6.07) is 9.91. The van der Waals surface area contributed by atoms with Crippen LogP contribution in [-0.2, 0) is 18.4 Å². The molecule has 7 nitrogen and oxygen atoms in total. The first-order chi connectivity index (χ1) is 12.7. The van der Waals surface area contributed by atoms with E-state index in [1.54, 1.807) is 0 Å². The van der Waals surface area contributed by atoms with Crippen molar-refractivity contribution >= 4 is 0 Å². The third kappa shape index (κ3) is 3.39. The summed E-state index contributed by atoms with van der Waals surface area (Å²) in [7, 11) is 0. The molecule has 2 aromatic heterocycles. The lowest BCUT2D eigenvalue weighted by atomic mass is 9.81. The first kappa shape index (κ1) is 16.9. The highest BCUT2D eigenvalue weighted by Crippen LogP contribution is 2.34. The highest BCUT2D eigenvalue weighted by Gasteiger charge is 2.38. The van der Waals surface area contributed by atoms with Gasteiger partial charge in [-0.2, -0.15) is 9.97 Å². The van der Waals surface area contributed by atoms with Crippen LogP contribution in [0.2, 0.25) is 0 Å². The number of likely N-dealkylation sites (tertiary alicyclic amines) is 1. The van der Waals surface area contributed by atoms with E-state index in [1.807, 2.05) is 37.3 Å². The van der Waals surface area contributed by atoms with Crippen molar-refractivity contribution in [2.75, 3.05) is 13.1 Å². The molecule has 0 amide bonds. The van der Waals surface area contributed by atoms with Crippen molar-refractivity contribution in [2.45, 2.75) is 45.1 Å². The van der Waals surface area contributed by atoms with Crippen molar-refractivity contribution in [3.63, 3.8) is 0 Å². The van der Waals surface area contributed by atoms with Crippen LogP contribution in [0.5, 0.6) is 0 Å². The Bertz CT molecular complexity index is 860. The van der Waals surface area contributed by atoms with E-state index in [1.165, 1.54) is 0 Å². The van der Waals surface area contributed by atoms with E-state index in [0.717, 1.165) is 43.7 Å². The molecule has 1 aromatic carbocycles. The number of aryl methyl sites for hydroxylation is 1. The molecular weight excluding hydrogens is 330 g/mol. The van der Waals surface area contributed by atoms with Crippen molar-refractivity contribution in [2.24, 2.45) is 0 Å². The summed E-state index contributed by atoms with van der Waals surface area (Å²) in [4.78, 5) is 11.4. The molecule has 3 aromatic rings. The van der Waals surface area contributed by atoms with Gasteiger partial charge in [-0.05, 0) is 26.3 Å². The van der Waals surface area contributed by atoms with E-state index in [4.69, 9.17) is 9.05 Å². The molecule has 4 rings (SSSR count). The van der Waals surface area contributed by atoms with Gasteiger partial charge in [0.1, 0.15) is 0 Å². The van der Waals surface area contributed by atoms with Gasteiger partial charge < -0.3 is 9.05 Å². The fourth-order valence-corrected chi connectivity index (χ4v) is 3.52. The van der Waals surface area contributed by atoms with Crippen LogP contribution in [0.1, 0.15) is 44.3 Å².